The number of thiazole rings is 1. The van der Waals surface area contributed by atoms with E-state index >= 15 is 0 Å². The van der Waals surface area contributed by atoms with Crippen LogP contribution in [0.5, 0.6) is 6.01 Å². The van der Waals surface area contributed by atoms with Crippen LogP contribution in [0.3, 0.4) is 0 Å². The van der Waals surface area contributed by atoms with E-state index in [2.05, 4.69) is 27.9 Å². The summed E-state index contributed by atoms with van der Waals surface area (Å²) in [6.07, 6.45) is 6.30. The molecule has 3 aromatic heterocycles. The van der Waals surface area contributed by atoms with E-state index in [4.69, 9.17) is 9.47 Å². The van der Waals surface area contributed by atoms with E-state index in [0.717, 1.165) is 17.2 Å². The van der Waals surface area contributed by atoms with Gasteiger partial charge in [0, 0.05) is 23.7 Å². The van der Waals surface area contributed by atoms with Crippen LogP contribution < -0.4 is 10.4 Å². The van der Waals surface area contributed by atoms with Gasteiger partial charge in [0.2, 0.25) is 0 Å². The lowest BCUT2D eigenvalue weighted by Crippen LogP contribution is -2.20. The molecule has 0 atom stereocenters. The summed E-state index contributed by atoms with van der Waals surface area (Å²) in [5, 5.41) is 12.1. The number of H-pyrrole nitrogens is 1. The third-order valence-electron chi connectivity index (χ3n) is 4.27. The Kier molecular flexibility index (Phi) is 7.69. The van der Waals surface area contributed by atoms with Gasteiger partial charge in [-0.3, -0.25) is 4.98 Å². The van der Waals surface area contributed by atoms with E-state index in [1.807, 2.05) is 5.38 Å². The highest BCUT2D eigenvalue weighted by molar-refractivity contribution is 8.01. The first kappa shape index (κ1) is 21.4. The molecule has 3 aromatic rings. The van der Waals surface area contributed by atoms with Gasteiger partial charge >= 0.3 is 5.69 Å². The zero-order chi connectivity index (χ0) is 20.6. The van der Waals surface area contributed by atoms with E-state index in [9.17, 15) is 10.1 Å². The third kappa shape index (κ3) is 5.18. The van der Waals surface area contributed by atoms with Crippen molar-refractivity contribution in [3.8, 4) is 12.1 Å². The molecule has 0 aromatic carbocycles. The van der Waals surface area contributed by atoms with Crippen molar-refractivity contribution in [1.82, 2.24) is 19.4 Å². The Labute approximate surface area is 176 Å². The molecule has 0 bridgehead atoms. The number of nitrogens with zero attached hydrogens (tertiary/aromatic N) is 4. The average Bonchev–Trinajstić information content (AvgIpc) is 3.31. The minimum absolute atomic E-state index is 0.0804. The fourth-order valence-corrected chi connectivity index (χ4v) is 4.56. The highest BCUT2D eigenvalue weighted by Gasteiger charge is 2.21. The van der Waals surface area contributed by atoms with Gasteiger partial charge in [-0.05, 0) is 25.1 Å². The molecule has 0 aliphatic rings. The first-order chi connectivity index (χ1) is 14.2. The summed E-state index contributed by atoms with van der Waals surface area (Å²) in [6.45, 7) is 5.35. The predicted molar refractivity (Wildman–Crippen MR) is 112 cm³/mol. The number of ether oxygens (including phenoxy) is 2. The maximum Gasteiger partial charge on any atom is 0.336 e. The molecular weight excluding hydrogens is 410 g/mol. The van der Waals surface area contributed by atoms with Crippen molar-refractivity contribution in [1.29, 1.82) is 5.26 Å². The van der Waals surface area contributed by atoms with Crippen molar-refractivity contribution in [2.75, 3.05) is 19.8 Å². The Morgan fingerprint density at radius 3 is 2.90 bits per heavy atom. The normalized spacial score (nSPS) is 11.1. The topological polar surface area (TPSA) is 105 Å². The third-order valence-corrected chi connectivity index (χ3v) is 6.34. The van der Waals surface area contributed by atoms with Gasteiger partial charge in [0.05, 0.1) is 11.6 Å². The summed E-state index contributed by atoms with van der Waals surface area (Å²) in [6, 6.07) is 2.23. The summed E-state index contributed by atoms with van der Waals surface area (Å²) in [7, 11) is 0. The summed E-state index contributed by atoms with van der Waals surface area (Å²) in [5.74, 6) is 0. The first-order valence-corrected chi connectivity index (χ1v) is 11.2. The number of hydrogen-bond donors (Lipinski definition) is 1. The first-order valence-electron chi connectivity index (χ1n) is 9.49. The van der Waals surface area contributed by atoms with Gasteiger partial charge in [-0.2, -0.15) is 10.2 Å². The van der Waals surface area contributed by atoms with E-state index in [-0.39, 0.29) is 18.3 Å². The lowest BCUT2D eigenvalue weighted by molar-refractivity contribution is 0.0938. The SMILES string of the molecule is CCCCCCOCCOc1nc2c(C#N)c(C)c(Sc3nccs3)n2c(=O)[nH]1. The monoisotopic (exact) mass is 433 g/mol. The molecule has 0 saturated heterocycles. The standard InChI is InChI=1S/C19H23N5O3S2/c1-3-4-5-6-8-26-9-10-27-17-22-15-14(12-20)13(2)16(24(15)18(25)23-17)29-19-21-7-11-28-19/h7,11H,3-6,8-10H2,1-2H3,(H,22,23,25). The number of hydrogen-bond acceptors (Lipinski definition) is 8. The number of aromatic nitrogens is 4. The number of aromatic amines is 1. The summed E-state index contributed by atoms with van der Waals surface area (Å²) in [5.41, 5.74) is 0.919. The molecule has 0 spiro atoms. The molecule has 0 fully saturated rings. The zero-order valence-corrected chi connectivity index (χ0v) is 18.1. The summed E-state index contributed by atoms with van der Waals surface area (Å²) >= 11 is 2.80. The summed E-state index contributed by atoms with van der Waals surface area (Å²) in [4.78, 5) is 23.9. The molecule has 1 N–H and O–H groups in total. The molecule has 0 unspecified atom stereocenters. The van der Waals surface area contributed by atoms with E-state index in [1.54, 1.807) is 13.1 Å². The Balaban J connectivity index is 1.72. The molecule has 3 rings (SSSR count). The van der Waals surface area contributed by atoms with E-state index in [0.29, 0.717) is 29.4 Å². The Morgan fingerprint density at radius 2 is 2.17 bits per heavy atom. The van der Waals surface area contributed by atoms with Gasteiger partial charge in [0.15, 0.2) is 9.99 Å². The largest absolute Gasteiger partial charge is 0.462 e. The van der Waals surface area contributed by atoms with Gasteiger partial charge in [0.1, 0.15) is 18.2 Å². The van der Waals surface area contributed by atoms with Gasteiger partial charge in [-0.15, -0.1) is 11.3 Å². The second kappa shape index (κ2) is 10.4. The van der Waals surface area contributed by atoms with Gasteiger partial charge < -0.3 is 9.47 Å². The molecule has 154 valence electrons. The van der Waals surface area contributed by atoms with Crippen molar-refractivity contribution < 1.29 is 9.47 Å². The summed E-state index contributed by atoms with van der Waals surface area (Å²) < 4.78 is 13.3. The second-order valence-electron chi connectivity index (χ2n) is 6.34. The van der Waals surface area contributed by atoms with Gasteiger partial charge in [-0.25, -0.2) is 14.2 Å². The molecule has 0 aliphatic heterocycles. The lowest BCUT2D eigenvalue weighted by atomic mass is 10.2. The molecular formula is C19H23N5O3S2. The molecule has 0 aliphatic carbocycles. The fourth-order valence-electron chi connectivity index (χ4n) is 2.81. The smallest absolute Gasteiger partial charge is 0.336 e. The molecule has 0 saturated carbocycles. The Morgan fingerprint density at radius 1 is 1.31 bits per heavy atom. The van der Waals surface area contributed by atoms with Crippen LogP contribution in [0.25, 0.3) is 5.65 Å². The number of fused-ring (bicyclic) bond motifs is 1. The molecule has 0 amide bonds. The van der Waals surface area contributed by atoms with Crippen molar-refractivity contribution in [2.24, 2.45) is 0 Å². The van der Waals surface area contributed by atoms with Crippen LogP contribution in [-0.4, -0.2) is 39.2 Å². The van der Waals surface area contributed by atoms with Crippen LogP contribution in [0, 0.1) is 18.3 Å². The number of unbranched alkanes of at least 4 members (excludes halogenated alkanes) is 3. The molecule has 10 heteroatoms. The van der Waals surface area contributed by atoms with Crippen molar-refractivity contribution >= 4 is 28.7 Å². The Bertz CT molecular complexity index is 1040. The molecule has 0 radical (unpaired) electrons. The van der Waals surface area contributed by atoms with Gasteiger partial charge in [-0.1, -0.05) is 26.2 Å². The van der Waals surface area contributed by atoms with Crippen LogP contribution >= 0.6 is 23.1 Å². The minimum atomic E-state index is -0.408. The highest BCUT2D eigenvalue weighted by atomic mass is 32.2. The van der Waals surface area contributed by atoms with Crippen molar-refractivity contribution in [2.45, 2.75) is 48.9 Å². The average molecular weight is 434 g/mol. The van der Waals surface area contributed by atoms with Crippen LogP contribution in [0.1, 0.15) is 43.7 Å². The van der Waals surface area contributed by atoms with Crippen molar-refractivity contribution in [3.05, 3.63) is 33.2 Å². The maximum absolute atomic E-state index is 12.7. The van der Waals surface area contributed by atoms with Crippen LogP contribution in [0.2, 0.25) is 0 Å². The number of nitrogens with one attached hydrogen (secondary N) is 1. The maximum atomic E-state index is 12.7. The van der Waals surface area contributed by atoms with E-state index in [1.165, 1.54) is 40.3 Å². The highest BCUT2D eigenvalue weighted by Crippen LogP contribution is 2.34. The fraction of sp³-hybridized carbons (Fsp3) is 0.474. The van der Waals surface area contributed by atoms with Crippen molar-refractivity contribution in [3.63, 3.8) is 0 Å². The molecule has 29 heavy (non-hydrogen) atoms. The Hall–Kier alpha value is -2.35. The second-order valence-corrected chi connectivity index (χ2v) is 8.48. The number of nitriles is 1. The van der Waals surface area contributed by atoms with Crippen LogP contribution in [0.15, 0.2) is 25.7 Å². The van der Waals surface area contributed by atoms with Crippen LogP contribution in [0.4, 0.5) is 0 Å². The quantitative estimate of drug-likeness (QED) is 0.459. The van der Waals surface area contributed by atoms with Crippen LogP contribution in [-0.2, 0) is 4.74 Å². The lowest BCUT2D eigenvalue weighted by Gasteiger charge is -2.07. The van der Waals surface area contributed by atoms with Gasteiger partial charge in [0.25, 0.3) is 6.01 Å². The molecule has 3 heterocycles. The zero-order valence-electron chi connectivity index (χ0n) is 16.4. The van der Waals surface area contributed by atoms with E-state index < -0.39 is 5.69 Å². The number of rotatable bonds is 11. The predicted octanol–water partition coefficient (Wildman–Crippen LogP) is 3.79. The minimum Gasteiger partial charge on any atom is -0.462 e. The molecule has 8 nitrogen and oxygen atoms in total.